The Labute approximate surface area is 345 Å². The van der Waals surface area contributed by atoms with Crippen LogP contribution in [0.3, 0.4) is 0 Å². The van der Waals surface area contributed by atoms with Crippen LogP contribution in [0.1, 0.15) is 22.3 Å². The normalized spacial score (nSPS) is 9.34. The van der Waals surface area contributed by atoms with Gasteiger partial charge < -0.3 is 11.2 Å². The van der Waals surface area contributed by atoms with Crippen molar-refractivity contribution < 1.29 is 35.0 Å². The Morgan fingerprint density at radius 2 is 0.957 bits per heavy atom. The molecular formula is C27H9Cl11N7NaO. The summed E-state index contributed by atoms with van der Waals surface area (Å²) in [6.45, 7) is 13.9. The fourth-order valence-electron chi connectivity index (χ4n) is 3.10. The molecule has 8 nitrogen and oxygen atoms in total. The number of aromatic nitrogens is 2. The Balaban J connectivity index is 0.000000727. The fourth-order valence-corrected chi connectivity index (χ4v) is 5.87. The first-order chi connectivity index (χ1) is 21.2. The van der Waals surface area contributed by atoms with Gasteiger partial charge in [0.05, 0.1) is 91.3 Å². The average molecular weight is 860 g/mol. The monoisotopic (exact) mass is 855 g/mol. The Kier molecular flexibility index (Phi) is 20.4. The molecule has 20 heteroatoms. The molecule has 3 N–H and O–H groups in total. The maximum atomic E-state index is 9.33. The zero-order valence-electron chi connectivity index (χ0n) is 22.9. The van der Waals surface area contributed by atoms with Gasteiger partial charge >= 0.3 is 29.6 Å². The van der Waals surface area contributed by atoms with E-state index in [1.807, 2.05) is 6.07 Å². The predicted molar refractivity (Wildman–Crippen MR) is 188 cm³/mol. The van der Waals surface area contributed by atoms with Crippen molar-refractivity contribution in [3.63, 3.8) is 0 Å². The minimum absolute atomic E-state index is 0. The minimum Gasteiger partial charge on any atom is -0.870 e. The SMILES string of the molecule is Nc1c(Cl)cncc1Cl.[C-]#[N+]c1c(Cl)c(Cl)c(Cc2c(Cl)cncc2Cl)c(C#N)c1Cl.[C-]#[N+]c1c(Cl)c(Cl)c(Cl)c(C#N)c1Cl.[Na+].[OH-]. The molecule has 4 aromatic rings. The van der Waals surface area contributed by atoms with Crippen molar-refractivity contribution in [1.82, 2.24) is 9.97 Å². The van der Waals surface area contributed by atoms with Gasteiger partial charge in [0.15, 0.2) is 0 Å². The van der Waals surface area contributed by atoms with E-state index in [-0.39, 0.29) is 99.1 Å². The third-order valence-electron chi connectivity index (χ3n) is 5.28. The number of rotatable bonds is 2. The number of nitrogens with zero attached hydrogens (tertiary/aromatic N) is 6. The van der Waals surface area contributed by atoms with Crippen LogP contribution in [0.5, 0.6) is 0 Å². The number of hydrogen-bond acceptors (Lipinski definition) is 6. The molecule has 0 saturated heterocycles. The molecule has 0 unspecified atom stereocenters. The summed E-state index contributed by atoms with van der Waals surface area (Å²) < 4.78 is 0. The number of nitrogens with two attached hydrogens (primary N) is 1. The van der Waals surface area contributed by atoms with Gasteiger partial charge in [0.1, 0.15) is 6.07 Å². The van der Waals surface area contributed by atoms with Crippen molar-refractivity contribution in [3.8, 4) is 12.1 Å². The minimum atomic E-state index is -0.0677. The van der Waals surface area contributed by atoms with Gasteiger partial charge in [0.2, 0.25) is 11.4 Å². The van der Waals surface area contributed by atoms with E-state index in [0.717, 1.165) is 0 Å². The van der Waals surface area contributed by atoms with Crippen molar-refractivity contribution >= 4 is 145 Å². The van der Waals surface area contributed by atoms with Crippen molar-refractivity contribution in [2.45, 2.75) is 6.42 Å². The van der Waals surface area contributed by atoms with Crippen molar-refractivity contribution in [2.24, 2.45) is 0 Å². The third kappa shape index (κ3) is 10.8. The Bertz CT molecular complexity index is 1900. The largest absolute Gasteiger partial charge is 1.00 e. The standard InChI is InChI=1S/C14H4Cl5N3.C8Cl4N2.C5H4Cl2N2.Na.H2O/c1-21-14-12(18)8(3-20)6(11(17)13(14)19)2-7-9(15)4-22-5-10(7)16;1-14-8-5(10)3(2-13)4(9)6(11)7(8)12;6-3-1-9-2-4(7)5(3)8;;/h4-5H,2H2;;1-2H,(H2,8,9);;1H2/q;;;+1;/p-1. The van der Waals surface area contributed by atoms with Crippen LogP contribution < -0.4 is 35.3 Å². The van der Waals surface area contributed by atoms with Crippen LogP contribution in [0.4, 0.5) is 17.1 Å². The summed E-state index contributed by atoms with van der Waals surface area (Å²) in [5.74, 6) is 0. The molecule has 0 saturated carbocycles. The van der Waals surface area contributed by atoms with Gasteiger partial charge in [-0.2, -0.15) is 10.5 Å². The molecule has 2 aromatic carbocycles. The molecule has 47 heavy (non-hydrogen) atoms. The zero-order chi connectivity index (χ0) is 34.2. The van der Waals surface area contributed by atoms with Crippen molar-refractivity contribution in [2.75, 3.05) is 5.73 Å². The van der Waals surface area contributed by atoms with Crippen LogP contribution in [0.25, 0.3) is 9.69 Å². The van der Waals surface area contributed by atoms with E-state index in [9.17, 15) is 5.26 Å². The molecule has 0 aliphatic heterocycles. The van der Waals surface area contributed by atoms with E-state index in [2.05, 4.69) is 19.7 Å². The number of benzene rings is 2. The topological polar surface area (TPSA) is 138 Å². The second kappa shape index (κ2) is 21.0. The molecule has 2 heterocycles. The first kappa shape index (κ1) is 45.6. The second-order valence-corrected chi connectivity index (χ2v) is 12.1. The van der Waals surface area contributed by atoms with E-state index in [0.29, 0.717) is 36.9 Å². The van der Waals surface area contributed by atoms with Crippen LogP contribution >= 0.6 is 128 Å². The molecule has 2 aromatic heterocycles. The van der Waals surface area contributed by atoms with Crippen LogP contribution in [0, 0.1) is 35.8 Å². The van der Waals surface area contributed by atoms with Crippen LogP contribution in [-0.4, -0.2) is 15.4 Å². The molecular weight excluding hydrogens is 851 g/mol. The van der Waals surface area contributed by atoms with Crippen LogP contribution in [0.2, 0.25) is 55.2 Å². The third-order valence-corrected chi connectivity index (χ3v) is 9.47. The van der Waals surface area contributed by atoms with Gasteiger partial charge in [0, 0.05) is 31.2 Å². The van der Waals surface area contributed by atoms with E-state index < -0.39 is 0 Å². The van der Waals surface area contributed by atoms with Crippen LogP contribution in [0.15, 0.2) is 24.8 Å². The number of nitrogen functional groups attached to an aromatic ring is 1. The molecule has 0 amide bonds. The van der Waals surface area contributed by atoms with Gasteiger partial charge in [-0.1, -0.05) is 128 Å². The molecule has 0 aliphatic carbocycles. The number of anilines is 1. The smallest absolute Gasteiger partial charge is 0.870 e. The zero-order valence-corrected chi connectivity index (χ0v) is 33.2. The summed E-state index contributed by atoms with van der Waals surface area (Å²) in [5.41, 5.74) is 6.59. The molecule has 0 fully saturated rings. The van der Waals surface area contributed by atoms with E-state index in [1.54, 1.807) is 6.07 Å². The predicted octanol–water partition coefficient (Wildman–Crippen LogP) is 9.88. The summed E-state index contributed by atoms with van der Waals surface area (Å²) in [7, 11) is 0. The number of nitriles is 2. The van der Waals surface area contributed by atoms with Gasteiger partial charge in [-0.05, 0) is 11.1 Å². The van der Waals surface area contributed by atoms with Crippen LogP contribution in [-0.2, 0) is 6.42 Å². The summed E-state index contributed by atoms with van der Waals surface area (Å²) in [6, 6.07) is 3.70. The fraction of sp³-hybridized carbons (Fsp3) is 0.0370. The van der Waals surface area contributed by atoms with Gasteiger partial charge in [-0.25, -0.2) is 9.69 Å². The summed E-state index contributed by atoms with van der Waals surface area (Å²) in [6.07, 6.45) is 5.89. The van der Waals surface area contributed by atoms with Gasteiger partial charge in [-0.15, -0.1) is 0 Å². The summed E-state index contributed by atoms with van der Waals surface area (Å²) in [5, 5.41) is 19.4. The number of hydrogen-bond donors (Lipinski definition) is 1. The van der Waals surface area contributed by atoms with E-state index >= 15 is 0 Å². The molecule has 0 radical (unpaired) electrons. The van der Waals surface area contributed by atoms with Gasteiger partial charge in [-0.3, -0.25) is 9.97 Å². The van der Waals surface area contributed by atoms with Crippen molar-refractivity contribution in [3.05, 3.63) is 125 Å². The molecule has 0 atom stereocenters. The number of halogens is 11. The molecule has 4 rings (SSSR count). The Hall–Kier alpha value is -1.35. The van der Waals surface area contributed by atoms with E-state index in [1.165, 1.54) is 24.8 Å². The average Bonchev–Trinajstić information content (AvgIpc) is 3.00. The quantitative estimate of drug-likeness (QED) is 0.0922. The van der Waals surface area contributed by atoms with Crippen molar-refractivity contribution in [1.29, 1.82) is 10.5 Å². The molecule has 0 bridgehead atoms. The van der Waals surface area contributed by atoms with Gasteiger partial charge in [0.25, 0.3) is 0 Å². The molecule has 0 spiro atoms. The van der Waals surface area contributed by atoms with E-state index in [4.69, 9.17) is 152 Å². The molecule has 0 aliphatic rings. The first-order valence-electron chi connectivity index (χ1n) is 11.1. The maximum Gasteiger partial charge on any atom is 1.00 e. The Morgan fingerprint density at radius 3 is 1.34 bits per heavy atom. The first-order valence-corrected chi connectivity index (χ1v) is 15.3. The maximum absolute atomic E-state index is 9.33. The summed E-state index contributed by atoms with van der Waals surface area (Å²) >= 11 is 64.4. The number of pyridine rings is 2. The second-order valence-electron chi connectivity index (χ2n) is 7.85. The summed E-state index contributed by atoms with van der Waals surface area (Å²) in [4.78, 5) is 13.8. The molecule has 236 valence electrons. The Morgan fingerprint density at radius 1 is 0.574 bits per heavy atom.